The number of hydrogen-bond donors (Lipinski definition) is 0. The van der Waals surface area contributed by atoms with Crippen LogP contribution >= 0.6 is 0 Å². The minimum atomic E-state index is -3.96. The summed E-state index contributed by atoms with van der Waals surface area (Å²) in [4.78, 5) is 0. The Hall–Kier alpha value is 1.30. The monoisotopic (exact) mass is 446 g/mol. The Morgan fingerprint density at radius 3 is 1.04 bits per heavy atom. The van der Waals surface area contributed by atoms with Gasteiger partial charge >= 0.3 is 45.5 Å². The van der Waals surface area contributed by atoms with Crippen LogP contribution in [0.5, 0.6) is 0 Å². The number of hydrogen-bond acceptors (Lipinski definition) is 6. The molecular weight excluding hydrogens is 416 g/mol. The van der Waals surface area contributed by atoms with Crippen LogP contribution < -0.4 is 0 Å². The Morgan fingerprint density at radius 2 is 0.826 bits per heavy atom. The van der Waals surface area contributed by atoms with Gasteiger partial charge in [-0.1, -0.05) is 65.2 Å². The van der Waals surface area contributed by atoms with E-state index in [2.05, 4.69) is 13.8 Å². The van der Waals surface area contributed by atoms with Crippen LogP contribution in [0.3, 0.4) is 0 Å². The van der Waals surface area contributed by atoms with Crippen LogP contribution in [0.25, 0.3) is 0 Å². The van der Waals surface area contributed by atoms with E-state index in [1.54, 1.807) is 0 Å². The van der Waals surface area contributed by atoms with Crippen LogP contribution in [0.1, 0.15) is 78.1 Å². The summed E-state index contributed by atoms with van der Waals surface area (Å²) in [6.07, 6.45) is 9.33. The zero-order valence-electron chi connectivity index (χ0n) is 14.5. The molecule has 0 aliphatic carbocycles. The first-order valence-electron chi connectivity index (χ1n) is 7.99. The topological polar surface area (TPSA) is 114 Å². The molecule has 0 fully saturated rings. The Labute approximate surface area is 179 Å². The van der Waals surface area contributed by atoms with E-state index >= 15 is 0 Å². The van der Waals surface area contributed by atoms with Gasteiger partial charge < -0.3 is 9.11 Å². The smallest absolute Gasteiger partial charge is 0.748 e. The maximum Gasteiger partial charge on any atom is 2.00 e. The largest absolute Gasteiger partial charge is 2.00 e. The normalized spacial score (nSPS) is 11.3. The first-order valence-corrected chi connectivity index (χ1v) is 11.1. The van der Waals surface area contributed by atoms with Crippen molar-refractivity contribution < 1.29 is 25.9 Å². The second-order valence-electron chi connectivity index (χ2n) is 5.35. The van der Waals surface area contributed by atoms with Crippen LogP contribution in [-0.2, 0) is 20.2 Å². The van der Waals surface area contributed by atoms with E-state index in [0.29, 0.717) is 12.8 Å². The van der Waals surface area contributed by atoms with E-state index in [0.717, 1.165) is 51.4 Å². The second-order valence-corrected chi connectivity index (χ2v) is 8.40. The molecule has 0 rings (SSSR count). The van der Waals surface area contributed by atoms with Gasteiger partial charge in [-0.2, -0.15) is 0 Å². The van der Waals surface area contributed by atoms with Gasteiger partial charge in [-0.25, -0.2) is 16.8 Å². The maximum absolute atomic E-state index is 10.1. The van der Waals surface area contributed by atoms with Crippen molar-refractivity contribution in [2.75, 3.05) is 11.5 Å². The molecule has 0 amide bonds. The molecule has 0 aromatic heterocycles. The van der Waals surface area contributed by atoms with E-state index in [1.165, 1.54) is 0 Å². The van der Waals surface area contributed by atoms with E-state index in [9.17, 15) is 25.9 Å². The molecule has 0 spiro atoms. The molecule has 0 N–H and O–H groups in total. The summed E-state index contributed by atoms with van der Waals surface area (Å²) in [6, 6.07) is 0. The third kappa shape index (κ3) is 35.3. The van der Waals surface area contributed by atoms with Gasteiger partial charge in [-0.15, -0.1) is 0 Å². The summed E-state index contributed by atoms with van der Waals surface area (Å²) in [5.74, 6) is -0.395. The van der Waals surface area contributed by atoms with Gasteiger partial charge in [0.1, 0.15) is 0 Å². The fraction of sp³-hybridized carbons (Fsp3) is 1.00. The predicted molar refractivity (Wildman–Crippen MR) is 92.4 cm³/mol. The summed E-state index contributed by atoms with van der Waals surface area (Å²) in [6.45, 7) is 4.18. The molecule has 0 aromatic carbocycles. The first kappa shape index (κ1) is 29.1. The summed E-state index contributed by atoms with van der Waals surface area (Å²) in [5.41, 5.74) is 0. The third-order valence-electron chi connectivity index (χ3n) is 3.00. The van der Waals surface area contributed by atoms with Crippen molar-refractivity contribution in [1.29, 1.82) is 0 Å². The first-order chi connectivity index (χ1) is 10.1. The second kappa shape index (κ2) is 18.1. The van der Waals surface area contributed by atoms with Crippen LogP contribution in [0.15, 0.2) is 0 Å². The van der Waals surface area contributed by atoms with Gasteiger partial charge in [0.05, 0.1) is 20.2 Å². The average molecular weight is 446 g/mol. The number of rotatable bonds is 12. The summed E-state index contributed by atoms with van der Waals surface area (Å²) in [5, 5.41) is 0. The van der Waals surface area contributed by atoms with Crippen LogP contribution in [0.2, 0.25) is 0 Å². The van der Waals surface area contributed by atoms with E-state index in [1.807, 2.05) is 0 Å². The number of unbranched alkanes of at least 4 members (excludes halogenated alkanes) is 8. The molecule has 0 aliphatic heterocycles. The van der Waals surface area contributed by atoms with Gasteiger partial charge in [0.15, 0.2) is 0 Å². The molecular formula is C14H30O6S2Sr. The van der Waals surface area contributed by atoms with E-state index in [-0.39, 0.29) is 57.0 Å². The fourth-order valence-electron chi connectivity index (χ4n) is 1.76. The Balaban J connectivity index is -0.000000333. The molecule has 0 bridgehead atoms. The van der Waals surface area contributed by atoms with Gasteiger partial charge in [0.2, 0.25) is 0 Å². The molecule has 9 heteroatoms. The minimum absolute atomic E-state index is 0. The molecule has 0 aromatic rings. The van der Waals surface area contributed by atoms with Crippen molar-refractivity contribution >= 4 is 65.7 Å². The van der Waals surface area contributed by atoms with Crippen molar-refractivity contribution in [1.82, 2.24) is 0 Å². The predicted octanol–water partition coefficient (Wildman–Crippen LogP) is 2.62. The quantitative estimate of drug-likeness (QED) is 0.259. The van der Waals surface area contributed by atoms with Crippen molar-refractivity contribution in [2.45, 2.75) is 78.1 Å². The Morgan fingerprint density at radius 1 is 0.565 bits per heavy atom. The van der Waals surface area contributed by atoms with Crippen LogP contribution in [0, 0.1) is 0 Å². The summed E-state index contributed by atoms with van der Waals surface area (Å²) >= 11 is 0. The van der Waals surface area contributed by atoms with Gasteiger partial charge in [0.25, 0.3) is 0 Å². The molecule has 23 heavy (non-hydrogen) atoms. The van der Waals surface area contributed by atoms with Gasteiger partial charge in [0, 0.05) is 11.5 Å². The SMILES string of the molecule is CCCCCCCS(=O)(=O)[O-].CCCCCCCS(=O)(=O)[O-].[Sr+2]. The minimum Gasteiger partial charge on any atom is -0.748 e. The Kier molecular flexibility index (Phi) is 22.9. The third-order valence-corrected chi connectivity index (χ3v) is 4.57. The van der Waals surface area contributed by atoms with Crippen LogP contribution in [-0.4, -0.2) is 82.9 Å². The van der Waals surface area contributed by atoms with Gasteiger partial charge in [-0.3, -0.25) is 0 Å². The summed E-state index contributed by atoms with van der Waals surface area (Å²) in [7, 11) is -7.92. The standard InChI is InChI=1S/2C7H16O3S.Sr/c2*1-2-3-4-5-6-7-11(8,9)10;/h2*2-7H2,1H3,(H,8,9,10);/q;;+2/p-2. The zero-order valence-corrected chi connectivity index (χ0v) is 19.6. The molecule has 0 aliphatic rings. The summed E-state index contributed by atoms with van der Waals surface area (Å²) < 4.78 is 60.7. The van der Waals surface area contributed by atoms with Crippen molar-refractivity contribution in [2.24, 2.45) is 0 Å². The molecule has 136 valence electrons. The van der Waals surface area contributed by atoms with E-state index in [4.69, 9.17) is 0 Å². The maximum atomic E-state index is 10.1. The molecule has 0 saturated carbocycles. The zero-order chi connectivity index (χ0) is 17.5. The molecule has 0 unspecified atom stereocenters. The molecule has 0 radical (unpaired) electrons. The van der Waals surface area contributed by atoms with Crippen molar-refractivity contribution in [3.8, 4) is 0 Å². The average Bonchev–Trinajstić information content (AvgIpc) is 2.36. The Bertz CT molecular complexity index is 392. The molecule has 6 nitrogen and oxygen atoms in total. The molecule has 0 heterocycles. The molecule has 0 saturated heterocycles. The van der Waals surface area contributed by atoms with Crippen molar-refractivity contribution in [3.63, 3.8) is 0 Å². The fourth-order valence-corrected chi connectivity index (χ4v) is 2.88. The molecule has 0 atom stereocenters. The van der Waals surface area contributed by atoms with Gasteiger partial charge in [-0.05, 0) is 12.8 Å². The van der Waals surface area contributed by atoms with Crippen molar-refractivity contribution in [3.05, 3.63) is 0 Å². The van der Waals surface area contributed by atoms with E-state index < -0.39 is 20.2 Å². The van der Waals surface area contributed by atoms with Crippen LogP contribution in [0.4, 0.5) is 0 Å².